The van der Waals surface area contributed by atoms with Gasteiger partial charge in [-0.2, -0.15) is 0 Å². The summed E-state index contributed by atoms with van der Waals surface area (Å²) in [4.78, 5) is 11.3. The zero-order valence-corrected chi connectivity index (χ0v) is 9.03. The molecule has 1 aromatic rings. The van der Waals surface area contributed by atoms with Crippen molar-refractivity contribution >= 4 is 5.78 Å². The summed E-state index contributed by atoms with van der Waals surface area (Å²) >= 11 is 0. The SMILES string of the molecule is CC(=O)c1cc(F)ccc1OC1CCOC1. The second-order valence-corrected chi connectivity index (χ2v) is 3.80. The molecule has 1 saturated heterocycles. The van der Waals surface area contributed by atoms with Gasteiger partial charge in [0.1, 0.15) is 17.7 Å². The topological polar surface area (TPSA) is 35.5 Å². The van der Waals surface area contributed by atoms with Gasteiger partial charge >= 0.3 is 0 Å². The van der Waals surface area contributed by atoms with E-state index in [9.17, 15) is 9.18 Å². The van der Waals surface area contributed by atoms with E-state index in [2.05, 4.69) is 0 Å². The van der Waals surface area contributed by atoms with Crippen molar-refractivity contribution in [1.82, 2.24) is 0 Å². The van der Waals surface area contributed by atoms with Crippen LogP contribution in [-0.4, -0.2) is 25.1 Å². The highest BCUT2D eigenvalue weighted by Crippen LogP contribution is 2.23. The summed E-state index contributed by atoms with van der Waals surface area (Å²) < 4.78 is 23.8. The smallest absolute Gasteiger partial charge is 0.163 e. The minimum Gasteiger partial charge on any atom is -0.487 e. The number of ether oxygens (including phenoxy) is 2. The molecule has 4 heteroatoms. The van der Waals surface area contributed by atoms with E-state index in [4.69, 9.17) is 9.47 Å². The number of halogens is 1. The summed E-state index contributed by atoms with van der Waals surface area (Å²) in [7, 11) is 0. The Morgan fingerprint density at radius 1 is 1.56 bits per heavy atom. The van der Waals surface area contributed by atoms with Gasteiger partial charge in [0.2, 0.25) is 0 Å². The lowest BCUT2D eigenvalue weighted by atomic mass is 10.1. The molecule has 1 aliphatic rings. The van der Waals surface area contributed by atoms with Crippen molar-refractivity contribution in [2.75, 3.05) is 13.2 Å². The second kappa shape index (κ2) is 4.61. The standard InChI is InChI=1S/C12H13FO3/c1-8(14)11-6-9(13)2-3-12(11)16-10-4-5-15-7-10/h2-3,6,10H,4-5,7H2,1H3. The van der Waals surface area contributed by atoms with Gasteiger partial charge in [-0.15, -0.1) is 0 Å². The molecule has 1 heterocycles. The second-order valence-electron chi connectivity index (χ2n) is 3.80. The number of hydrogen-bond acceptors (Lipinski definition) is 3. The molecule has 86 valence electrons. The van der Waals surface area contributed by atoms with E-state index in [1.807, 2.05) is 0 Å². The highest BCUT2D eigenvalue weighted by atomic mass is 19.1. The highest BCUT2D eigenvalue weighted by molar-refractivity contribution is 5.96. The van der Waals surface area contributed by atoms with Gasteiger partial charge in [-0.25, -0.2) is 4.39 Å². The van der Waals surface area contributed by atoms with E-state index in [-0.39, 0.29) is 17.5 Å². The van der Waals surface area contributed by atoms with Crippen molar-refractivity contribution < 1.29 is 18.7 Å². The fourth-order valence-corrected chi connectivity index (χ4v) is 1.67. The number of carbonyl (C=O) groups excluding carboxylic acids is 1. The van der Waals surface area contributed by atoms with Gasteiger partial charge in [0.05, 0.1) is 18.8 Å². The summed E-state index contributed by atoms with van der Waals surface area (Å²) in [6, 6.07) is 3.98. The molecule has 0 saturated carbocycles. The lowest BCUT2D eigenvalue weighted by Gasteiger charge is -2.14. The minimum atomic E-state index is -0.430. The maximum absolute atomic E-state index is 13.0. The van der Waals surface area contributed by atoms with Crippen LogP contribution >= 0.6 is 0 Å². The largest absolute Gasteiger partial charge is 0.487 e. The lowest BCUT2D eigenvalue weighted by Crippen LogP contribution is -2.17. The Balaban J connectivity index is 2.21. The Morgan fingerprint density at radius 3 is 3.00 bits per heavy atom. The minimum absolute atomic E-state index is 0.0384. The summed E-state index contributed by atoms with van der Waals surface area (Å²) in [5.41, 5.74) is 0.284. The van der Waals surface area contributed by atoms with Crippen molar-refractivity contribution in [2.45, 2.75) is 19.4 Å². The third-order valence-corrected chi connectivity index (χ3v) is 2.50. The molecule has 1 fully saturated rings. The third kappa shape index (κ3) is 2.39. The van der Waals surface area contributed by atoms with Crippen molar-refractivity contribution in [3.8, 4) is 5.75 Å². The molecule has 0 amide bonds. The van der Waals surface area contributed by atoms with E-state index in [1.165, 1.54) is 25.1 Å². The molecule has 1 atom stereocenters. The normalized spacial score (nSPS) is 19.8. The van der Waals surface area contributed by atoms with Crippen molar-refractivity contribution in [1.29, 1.82) is 0 Å². The molecule has 16 heavy (non-hydrogen) atoms. The quantitative estimate of drug-likeness (QED) is 0.738. The molecular formula is C12H13FO3. The Morgan fingerprint density at radius 2 is 2.38 bits per heavy atom. The van der Waals surface area contributed by atoms with Crippen LogP contribution in [0.15, 0.2) is 18.2 Å². The van der Waals surface area contributed by atoms with E-state index in [1.54, 1.807) is 0 Å². The van der Waals surface area contributed by atoms with Crippen LogP contribution < -0.4 is 4.74 Å². The van der Waals surface area contributed by atoms with Gasteiger partial charge in [-0.3, -0.25) is 4.79 Å². The molecule has 0 aromatic heterocycles. The van der Waals surface area contributed by atoms with E-state index >= 15 is 0 Å². The molecular weight excluding hydrogens is 211 g/mol. The maximum Gasteiger partial charge on any atom is 0.163 e. The lowest BCUT2D eigenvalue weighted by molar-refractivity contribution is 0.100. The van der Waals surface area contributed by atoms with Crippen LogP contribution in [-0.2, 0) is 4.74 Å². The van der Waals surface area contributed by atoms with Crippen LogP contribution in [0.4, 0.5) is 4.39 Å². The van der Waals surface area contributed by atoms with Crippen molar-refractivity contribution in [2.24, 2.45) is 0 Å². The van der Waals surface area contributed by atoms with Gasteiger partial charge in [0, 0.05) is 6.42 Å². The molecule has 1 aromatic carbocycles. The number of rotatable bonds is 3. The highest BCUT2D eigenvalue weighted by Gasteiger charge is 2.19. The fraction of sp³-hybridized carbons (Fsp3) is 0.417. The number of hydrogen-bond donors (Lipinski definition) is 0. The van der Waals surface area contributed by atoms with Gasteiger partial charge < -0.3 is 9.47 Å². The van der Waals surface area contributed by atoms with Crippen LogP contribution in [0, 0.1) is 5.82 Å². The van der Waals surface area contributed by atoms with Gasteiger partial charge in [-0.05, 0) is 25.1 Å². The predicted molar refractivity (Wildman–Crippen MR) is 56.3 cm³/mol. The van der Waals surface area contributed by atoms with Gasteiger partial charge in [0.15, 0.2) is 5.78 Å². The zero-order chi connectivity index (χ0) is 11.5. The molecule has 3 nitrogen and oxygen atoms in total. The van der Waals surface area contributed by atoms with Crippen molar-refractivity contribution in [3.63, 3.8) is 0 Å². The van der Waals surface area contributed by atoms with Crippen LogP contribution in [0.3, 0.4) is 0 Å². The molecule has 1 unspecified atom stereocenters. The molecule has 0 bridgehead atoms. The summed E-state index contributed by atoms with van der Waals surface area (Å²) in [5, 5.41) is 0. The molecule has 0 N–H and O–H groups in total. The van der Waals surface area contributed by atoms with E-state index in [0.717, 1.165) is 6.42 Å². The fourth-order valence-electron chi connectivity index (χ4n) is 1.67. The molecule has 0 radical (unpaired) electrons. The molecule has 0 aliphatic carbocycles. The average molecular weight is 224 g/mol. The maximum atomic E-state index is 13.0. The van der Waals surface area contributed by atoms with Crippen LogP contribution in [0.1, 0.15) is 23.7 Å². The number of ketones is 1. The van der Waals surface area contributed by atoms with Crippen LogP contribution in [0.2, 0.25) is 0 Å². The number of Topliss-reactive ketones (excluding diaryl/α,β-unsaturated/α-hetero) is 1. The van der Waals surface area contributed by atoms with E-state index in [0.29, 0.717) is 19.0 Å². The Bertz CT molecular complexity index is 397. The first kappa shape index (κ1) is 11.1. The first-order valence-corrected chi connectivity index (χ1v) is 5.21. The average Bonchev–Trinajstić information content (AvgIpc) is 2.73. The summed E-state index contributed by atoms with van der Waals surface area (Å²) in [5.74, 6) is -0.196. The Hall–Kier alpha value is -1.42. The molecule has 0 spiro atoms. The Labute approximate surface area is 93.2 Å². The number of carbonyl (C=O) groups is 1. The van der Waals surface area contributed by atoms with E-state index < -0.39 is 5.82 Å². The van der Waals surface area contributed by atoms with Gasteiger partial charge in [-0.1, -0.05) is 0 Å². The van der Waals surface area contributed by atoms with Crippen LogP contribution in [0.5, 0.6) is 5.75 Å². The summed E-state index contributed by atoms with van der Waals surface area (Å²) in [6.45, 7) is 2.59. The van der Waals surface area contributed by atoms with Crippen LogP contribution in [0.25, 0.3) is 0 Å². The molecule has 2 rings (SSSR count). The third-order valence-electron chi connectivity index (χ3n) is 2.50. The van der Waals surface area contributed by atoms with Gasteiger partial charge in [0.25, 0.3) is 0 Å². The summed E-state index contributed by atoms with van der Waals surface area (Å²) in [6.07, 6.45) is 0.762. The monoisotopic (exact) mass is 224 g/mol. The predicted octanol–water partition coefficient (Wildman–Crippen LogP) is 2.20. The van der Waals surface area contributed by atoms with Crippen molar-refractivity contribution in [3.05, 3.63) is 29.6 Å². The zero-order valence-electron chi connectivity index (χ0n) is 9.03. The number of benzene rings is 1. The molecule has 1 aliphatic heterocycles. The first-order chi connectivity index (χ1) is 7.66. The Kier molecular flexibility index (Phi) is 3.19. The first-order valence-electron chi connectivity index (χ1n) is 5.21.